The van der Waals surface area contributed by atoms with Gasteiger partial charge in [-0.25, -0.2) is 4.39 Å². The van der Waals surface area contributed by atoms with Crippen LogP contribution in [-0.2, 0) is 22.5 Å². The van der Waals surface area contributed by atoms with Crippen LogP contribution in [0.2, 0.25) is 0 Å². The Balaban J connectivity index is 1.39. The Hall–Kier alpha value is -3.97. The first-order chi connectivity index (χ1) is 17.9. The molecule has 1 atom stereocenters. The first kappa shape index (κ1) is 24.7. The molecule has 0 saturated carbocycles. The SMILES string of the molecule is C[C@@]1(CNC(=O)c2cc3cc(NC(=O)Cc4ccc(F)cc4)ccc3n2Cc2ccccc2)CCCO1. The van der Waals surface area contributed by atoms with Crippen molar-refractivity contribution in [2.45, 2.75) is 38.3 Å². The van der Waals surface area contributed by atoms with E-state index in [0.717, 1.165) is 41.5 Å². The number of nitrogens with one attached hydrogen (secondary N) is 2. The molecule has 1 aliphatic rings. The summed E-state index contributed by atoms with van der Waals surface area (Å²) in [5.41, 5.74) is 3.55. The Morgan fingerprint density at radius 3 is 2.51 bits per heavy atom. The molecule has 0 aliphatic carbocycles. The molecule has 2 heterocycles. The summed E-state index contributed by atoms with van der Waals surface area (Å²) in [6, 6.07) is 23.4. The van der Waals surface area contributed by atoms with Crippen molar-refractivity contribution >= 4 is 28.4 Å². The second-order valence-corrected chi connectivity index (χ2v) is 9.81. The highest BCUT2D eigenvalue weighted by atomic mass is 19.1. The van der Waals surface area contributed by atoms with Gasteiger partial charge in [0.15, 0.2) is 0 Å². The van der Waals surface area contributed by atoms with Crippen molar-refractivity contribution in [2.24, 2.45) is 0 Å². The van der Waals surface area contributed by atoms with Crippen LogP contribution in [0.5, 0.6) is 0 Å². The predicted octanol–water partition coefficient (Wildman–Crippen LogP) is 5.31. The quantitative estimate of drug-likeness (QED) is 0.345. The number of ether oxygens (including phenoxy) is 1. The van der Waals surface area contributed by atoms with Gasteiger partial charge in [-0.3, -0.25) is 9.59 Å². The lowest BCUT2D eigenvalue weighted by Gasteiger charge is -2.23. The third-order valence-corrected chi connectivity index (χ3v) is 6.80. The van der Waals surface area contributed by atoms with Crippen LogP contribution in [0.15, 0.2) is 78.9 Å². The number of anilines is 1. The maximum Gasteiger partial charge on any atom is 0.268 e. The fourth-order valence-electron chi connectivity index (χ4n) is 4.80. The number of benzene rings is 3. The number of rotatable bonds is 8. The summed E-state index contributed by atoms with van der Waals surface area (Å²) in [4.78, 5) is 25.9. The Morgan fingerprint density at radius 2 is 1.78 bits per heavy atom. The van der Waals surface area contributed by atoms with Crippen molar-refractivity contribution in [1.82, 2.24) is 9.88 Å². The van der Waals surface area contributed by atoms with E-state index < -0.39 is 0 Å². The predicted molar refractivity (Wildman–Crippen MR) is 142 cm³/mol. The van der Waals surface area contributed by atoms with Crippen molar-refractivity contribution in [3.8, 4) is 0 Å². The molecule has 0 spiro atoms. The summed E-state index contributed by atoms with van der Waals surface area (Å²) in [6.07, 6.45) is 2.05. The number of halogens is 1. The number of hydrogen-bond acceptors (Lipinski definition) is 3. The van der Waals surface area contributed by atoms with E-state index in [1.807, 2.05) is 66.1 Å². The van der Waals surface area contributed by atoms with E-state index >= 15 is 0 Å². The minimum Gasteiger partial charge on any atom is -0.373 e. The fourth-order valence-corrected chi connectivity index (χ4v) is 4.80. The number of aromatic nitrogens is 1. The molecule has 37 heavy (non-hydrogen) atoms. The van der Waals surface area contributed by atoms with Gasteiger partial charge in [-0.2, -0.15) is 0 Å². The average molecular weight is 500 g/mol. The summed E-state index contributed by atoms with van der Waals surface area (Å²) in [5, 5.41) is 6.83. The molecule has 4 aromatic rings. The Morgan fingerprint density at radius 1 is 1.00 bits per heavy atom. The number of hydrogen-bond donors (Lipinski definition) is 2. The summed E-state index contributed by atoms with van der Waals surface area (Å²) < 4.78 is 21.0. The molecule has 2 N–H and O–H groups in total. The van der Waals surface area contributed by atoms with E-state index in [9.17, 15) is 14.0 Å². The molecule has 1 aliphatic heterocycles. The molecule has 0 radical (unpaired) electrons. The van der Waals surface area contributed by atoms with Gasteiger partial charge in [0, 0.05) is 36.3 Å². The van der Waals surface area contributed by atoms with Gasteiger partial charge >= 0.3 is 0 Å². The van der Waals surface area contributed by atoms with E-state index in [1.165, 1.54) is 12.1 Å². The molecular formula is C30H30FN3O3. The van der Waals surface area contributed by atoms with Crippen LogP contribution >= 0.6 is 0 Å². The molecule has 2 amide bonds. The second-order valence-electron chi connectivity index (χ2n) is 9.81. The van der Waals surface area contributed by atoms with Crippen LogP contribution in [0, 0.1) is 5.82 Å². The second kappa shape index (κ2) is 10.6. The zero-order chi connectivity index (χ0) is 25.8. The summed E-state index contributed by atoms with van der Waals surface area (Å²) in [7, 11) is 0. The average Bonchev–Trinajstić information content (AvgIpc) is 3.48. The van der Waals surface area contributed by atoms with E-state index in [0.29, 0.717) is 24.5 Å². The molecule has 190 valence electrons. The lowest BCUT2D eigenvalue weighted by molar-refractivity contribution is -0.115. The first-order valence-electron chi connectivity index (χ1n) is 12.5. The van der Waals surface area contributed by atoms with Crippen LogP contribution in [-0.4, -0.2) is 35.1 Å². The Labute approximate surface area is 215 Å². The van der Waals surface area contributed by atoms with Crippen molar-refractivity contribution in [2.75, 3.05) is 18.5 Å². The minimum absolute atomic E-state index is 0.141. The molecule has 1 fully saturated rings. The molecule has 0 bridgehead atoms. The molecule has 6 nitrogen and oxygen atoms in total. The minimum atomic E-state index is -0.339. The normalized spacial score (nSPS) is 17.1. The molecule has 1 saturated heterocycles. The molecule has 1 aromatic heterocycles. The highest BCUT2D eigenvalue weighted by molar-refractivity contribution is 6.01. The van der Waals surface area contributed by atoms with Crippen LogP contribution < -0.4 is 10.6 Å². The number of carbonyl (C=O) groups excluding carboxylic acids is 2. The maximum absolute atomic E-state index is 13.3. The van der Waals surface area contributed by atoms with Crippen LogP contribution in [0.1, 0.15) is 41.4 Å². The Bertz CT molecular complexity index is 1410. The van der Waals surface area contributed by atoms with Crippen molar-refractivity contribution in [3.05, 3.63) is 102 Å². The first-order valence-corrected chi connectivity index (χ1v) is 12.5. The van der Waals surface area contributed by atoms with Gasteiger partial charge in [0.05, 0.1) is 12.0 Å². The zero-order valence-electron chi connectivity index (χ0n) is 20.8. The highest BCUT2D eigenvalue weighted by Crippen LogP contribution is 2.27. The number of nitrogens with zero attached hydrogens (tertiary/aromatic N) is 1. The van der Waals surface area contributed by atoms with Crippen molar-refractivity contribution in [3.63, 3.8) is 0 Å². The van der Waals surface area contributed by atoms with E-state index in [1.54, 1.807) is 12.1 Å². The van der Waals surface area contributed by atoms with Gasteiger partial charge in [0.1, 0.15) is 11.5 Å². The van der Waals surface area contributed by atoms with Gasteiger partial charge in [-0.1, -0.05) is 42.5 Å². The highest BCUT2D eigenvalue weighted by Gasteiger charge is 2.30. The van der Waals surface area contributed by atoms with Gasteiger partial charge in [-0.05, 0) is 67.3 Å². The van der Waals surface area contributed by atoms with Crippen molar-refractivity contribution < 1.29 is 18.7 Å². The smallest absolute Gasteiger partial charge is 0.268 e. The third kappa shape index (κ3) is 5.89. The summed E-state index contributed by atoms with van der Waals surface area (Å²) in [5.74, 6) is -0.692. The topological polar surface area (TPSA) is 72.4 Å². The molecule has 0 unspecified atom stereocenters. The van der Waals surface area contributed by atoms with E-state index in [2.05, 4.69) is 10.6 Å². The summed E-state index contributed by atoms with van der Waals surface area (Å²) >= 11 is 0. The van der Waals surface area contributed by atoms with Gasteiger partial charge in [0.25, 0.3) is 5.91 Å². The number of carbonyl (C=O) groups is 2. The fraction of sp³-hybridized carbons (Fsp3) is 0.267. The van der Waals surface area contributed by atoms with Crippen LogP contribution in [0.25, 0.3) is 10.9 Å². The third-order valence-electron chi connectivity index (χ3n) is 6.80. The lowest BCUT2D eigenvalue weighted by atomic mass is 10.0. The van der Waals surface area contributed by atoms with Crippen LogP contribution in [0.3, 0.4) is 0 Å². The largest absolute Gasteiger partial charge is 0.373 e. The van der Waals surface area contributed by atoms with E-state index in [4.69, 9.17) is 4.74 Å². The maximum atomic E-state index is 13.3. The molecule has 7 heteroatoms. The lowest BCUT2D eigenvalue weighted by Crippen LogP contribution is -2.40. The van der Waals surface area contributed by atoms with Gasteiger partial charge in [0.2, 0.25) is 5.91 Å². The van der Waals surface area contributed by atoms with E-state index in [-0.39, 0.29) is 29.7 Å². The summed E-state index contributed by atoms with van der Waals surface area (Å²) in [6.45, 7) is 3.73. The van der Waals surface area contributed by atoms with Crippen LogP contribution in [0.4, 0.5) is 10.1 Å². The molecule has 3 aromatic carbocycles. The molecule has 5 rings (SSSR count). The standard InChI is InChI=1S/C30H30FN3O3/c1-30(14-5-15-37-30)20-32-29(36)27-18-23-17-25(33-28(35)16-21-8-10-24(31)11-9-21)12-13-26(23)34(27)19-22-6-3-2-4-7-22/h2-4,6-13,17-18H,5,14-16,19-20H2,1H3,(H,32,36)(H,33,35)/t30-/m0/s1. The number of fused-ring (bicyclic) bond motifs is 1. The zero-order valence-corrected chi connectivity index (χ0v) is 20.8. The molecular weight excluding hydrogens is 469 g/mol. The monoisotopic (exact) mass is 499 g/mol. The van der Waals surface area contributed by atoms with Gasteiger partial charge in [-0.15, -0.1) is 0 Å². The van der Waals surface area contributed by atoms with Gasteiger partial charge < -0.3 is 19.9 Å². The Kier molecular flexibility index (Phi) is 7.06. The number of amides is 2. The van der Waals surface area contributed by atoms with Crippen molar-refractivity contribution in [1.29, 1.82) is 0 Å².